The SMILES string of the molecule is Cl.Cl.O=C(Nc1ccc(C(=O)Nc2cccc(C3=NCCN3)c2)cc1)c1ccc(C2=NCCN2)cc1. The number of amides is 2. The first kappa shape index (κ1) is 26.7. The second-order valence-corrected chi connectivity index (χ2v) is 7.96. The summed E-state index contributed by atoms with van der Waals surface area (Å²) >= 11 is 0. The van der Waals surface area contributed by atoms with E-state index in [9.17, 15) is 9.59 Å². The largest absolute Gasteiger partial charge is 0.368 e. The quantitative estimate of drug-likeness (QED) is 0.394. The first-order valence-corrected chi connectivity index (χ1v) is 11.2. The second kappa shape index (κ2) is 12.2. The Morgan fingerprint density at radius 3 is 1.72 bits per heavy atom. The molecule has 3 aromatic carbocycles. The zero-order chi connectivity index (χ0) is 23.3. The number of hydrogen-bond donors (Lipinski definition) is 4. The van der Waals surface area contributed by atoms with E-state index in [0.29, 0.717) is 22.5 Å². The van der Waals surface area contributed by atoms with Gasteiger partial charge in [0.05, 0.1) is 13.1 Å². The zero-order valence-corrected chi connectivity index (χ0v) is 20.9. The van der Waals surface area contributed by atoms with E-state index >= 15 is 0 Å². The highest BCUT2D eigenvalue weighted by atomic mass is 35.5. The van der Waals surface area contributed by atoms with Crippen LogP contribution in [-0.4, -0.2) is 49.7 Å². The molecule has 0 aromatic heterocycles. The van der Waals surface area contributed by atoms with Crippen LogP contribution in [0.25, 0.3) is 0 Å². The summed E-state index contributed by atoms with van der Waals surface area (Å²) in [6.07, 6.45) is 0. The molecule has 5 rings (SSSR count). The Balaban J connectivity index is 0.00000180. The maximum atomic E-state index is 12.7. The van der Waals surface area contributed by atoms with Gasteiger partial charge >= 0.3 is 0 Å². The molecule has 0 bridgehead atoms. The number of aliphatic imine (C=N–C) groups is 2. The fourth-order valence-corrected chi connectivity index (χ4v) is 3.82. The number of carbonyl (C=O) groups excluding carboxylic acids is 2. The van der Waals surface area contributed by atoms with Gasteiger partial charge in [-0.05, 0) is 48.5 Å². The third kappa shape index (κ3) is 6.21. The predicted octanol–water partition coefficient (Wildman–Crippen LogP) is 3.73. The van der Waals surface area contributed by atoms with Crippen LogP contribution in [0.5, 0.6) is 0 Å². The van der Waals surface area contributed by atoms with Crippen LogP contribution in [0.3, 0.4) is 0 Å². The van der Waals surface area contributed by atoms with Crippen molar-refractivity contribution in [2.45, 2.75) is 0 Å². The first-order chi connectivity index (χ1) is 16.7. The van der Waals surface area contributed by atoms with Crippen molar-refractivity contribution in [3.63, 3.8) is 0 Å². The molecule has 0 saturated carbocycles. The van der Waals surface area contributed by atoms with Crippen molar-refractivity contribution in [1.29, 1.82) is 0 Å². The van der Waals surface area contributed by atoms with Gasteiger partial charge in [0.25, 0.3) is 11.8 Å². The summed E-state index contributed by atoms with van der Waals surface area (Å²) in [5.74, 6) is 1.26. The third-order valence-corrected chi connectivity index (χ3v) is 5.57. The minimum Gasteiger partial charge on any atom is -0.368 e. The second-order valence-electron chi connectivity index (χ2n) is 7.96. The molecule has 0 radical (unpaired) electrons. The van der Waals surface area contributed by atoms with Gasteiger partial charge in [0.1, 0.15) is 11.7 Å². The monoisotopic (exact) mass is 524 g/mol. The minimum absolute atomic E-state index is 0. The van der Waals surface area contributed by atoms with Crippen molar-refractivity contribution < 1.29 is 9.59 Å². The summed E-state index contributed by atoms with van der Waals surface area (Å²) in [6.45, 7) is 3.19. The van der Waals surface area contributed by atoms with Crippen LogP contribution in [-0.2, 0) is 0 Å². The van der Waals surface area contributed by atoms with Crippen LogP contribution < -0.4 is 21.3 Å². The molecule has 2 amide bonds. The lowest BCUT2D eigenvalue weighted by molar-refractivity contribution is 0.102. The van der Waals surface area contributed by atoms with Crippen LogP contribution in [0.2, 0.25) is 0 Å². The van der Waals surface area contributed by atoms with Gasteiger partial charge in [-0.2, -0.15) is 0 Å². The topological polar surface area (TPSA) is 107 Å². The van der Waals surface area contributed by atoms with Gasteiger partial charge in [0.2, 0.25) is 0 Å². The van der Waals surface area contributed by atoms with E-state index in [4.69, 9.17) is 0 Å². The van der Waals surface area contributed by atoms with E-state index < -0.39 is 0 Å². The Labute approximate surface area is 221 Å². The van der Waals surface area contributed by atoms with E-state index in [1.807, 2.05) is 36.4 Å². The van der Waals surface area contributed by atoms with Gasteiger partial charge < -0.3 is 21.3 Å². The number of nitrogens with zero attached hydrogens (tertiary/aromatic N) is 2. The molecule has 0 saturated heterocycles. The van der Waals surface area contributed by atoms with E-state index in [0.717, 1.165) is 49.0 Å². The Kier molecular flexibility index (Phi) is 9.05. The smallest absolute Gasteiger partial charge is 0.255 e. The van der Waals surface area contributed by atoms with Crippen molar-refractivity contribution >= 4 is 59.7 Å². The highest BCUT2D eigenvalue weighted by Gasteiger charge is 2.12. The molecule has 0 atom stereocenters. The fraction of sp³-hybridized carbons (Fsp3) is 0.154. The van der Waals surface area contributed by atoms with Gasteiger partial charge in [0.15, 0.2) is 0 Å². The number of amidine groups is 2. The van der Waals surface area contributed by atoms with Crippen molar-refractivity contribution in [1.82, 2.24) is 10.6 Å². The van der Waals surface area contributed by atoms with E-state index in [1.165, 1.54) is 0 Å². The molecular weight excluding hydrogens is 499 g/mol. The van der Waals surface area contributed by atoms with Crippen LogP contribution in [0.1, 0.15) is 31.8 Å². The summed E-state index contributed by atoms with van der Waals surface area (Å²) in [5.41, 5.74) is 4.24. The lowest BCUT2D eigenvalue weighted by Gasteiger charge is -2.09. The van der Waals surface area contributed by atoms with Gasteiger partial charge in [-0.15, -0.1) is 24.8 Å². The molecular formula is C26H26Cl2N6O2. The van der Waals surface area contributed by atoms with Crippen LogP contribution in [0.15, 0.2) is 82.8 Å². The minimum atomic E-state index is -0.227. The predicted molar refractivity (Wildman–Crippen MR) is 149 cm³/mol. The van der Waals surface area contributed by atoms with Gasteiger partial charge in [-0.25, -0.2) is 0 Å². The third-order valence-electron chi connectivity index (χ3n) is 5.57. The number of nitrogens with one attached hydrogen (secondary N) is 4. The van der Waals surface area contributed by atoms with Crippen LogP contribution in [0, 0.1) is 0 Å². The average Bonchev–Trinajstić information content (AvgIpc) is 3.60. The van der Waals surface area contributed by atoms with Crippen LogP contribution >= 0.6 is 24.8 Å². The van der Waals surface area contributed by atoms with E-state index in [-0.39, 0.29) is 36.6 Å². The molecule has 4 N–H and O–H groups in total. The molecule has 186 valence electrons. The summed E-state index contributed by atoms with van der Waals surface area (Å²) in [4.78, 5) is 34.1. The molecule has 36 heavy (non-hydrogen) atoms. The number of hydrogen-bond acceptors (Lipinski definition) is 6. The molecule has 0 aliphatic carbocycles. The standard InChI is InChI=1S/C26H24N6O2.2ClH/c33-25(18-6-4-17(5-7-18)23-27-12-13-28-23)31-21-10-8-19(9-11-21)26(34)32-22-3-1-2-20(16-22)24-29-14-15-30-24;;/h1-11,16H,12-15H2,(H,27,28)(H,29,30)(H,31,33)(H,32,34);2*1H. The first-order valence-electron chi connectivity index (χ1n) is 11.2. The van der Waals surface area contributed by atoms with E-state index in [1.54, 1.807) is 36.4 Å². The number of halogens is 2. The lowest BCUT2D eigenvalue weighted by Crippen LogP contribution is -2.20. The summed E-state index contributed by atoms with van der Waals surface area (Å²) in [5, 5.41) is 12.2. The number of rotatable bonds is 6. The van der Waals surface area contributed by atoms with Crippen molar-refractivity contribution in [3.8, 4) is 0 Å². The number of carbonyl (C=O) groups is 2. The molecule has 8 nitrogen and oxygen atoms in total. The Bertz CT molecular complexity index is 1290. The van der Waals surface area contributed by atoms with Gasteiger partial charge in [-0.3, -0.25) is 19.6 Å². The lowest BCUT2D eigenvalue weighted by atomic mass is 10.1. The number of benzene rings is 3. The molecule has 0 fully saturated rings. The van der Waals surface area contributed by atoms with Gasteiger partial charge in [-0.1, -0.05) is 24.3 Å². The molecule has 3 aromatic rings. The van der Waals surface area contributed by atoms with Gasteiger partial charge in [0, 0.05) is 46.7 Å². The van der Waals surface area contributed by atoms with Crippen LogP contribution in [0.4, 0.5) is 11.4 Å². The molecule has 10 heteroatoms. The molecule has 0 unspecified atom stereocenters. The molecule has 2 aliphatic heterocycles. The highest BCUT2D eigenvalue weighted by molar-refractivity contribution is 6.08. The summed E-state index contributed by atoms with van der Waals surface area (Å²) in [7, 11) is 0. The molecule has 0 spiro atoms. The maximum absolute atomic E-state index is 12.7. The van der Waals surface area contributed by atoms with Crippen molar-refractivity contribution in [2.75, 3.05) is 36.8 Å². The van der Waals surface area contributed by atoms with Crippen molar-refractivity contribution in [3.05, 3.63) is 95.1 Å². The Morgan fingerprint density at radius 2 is 1.17 bits per heavy atom. The maximum Gasteiger partial charge on any atom is 0.255 e. The molecule has 2 heterocycles. The Hall–Kier alpha value is -3.88. The fourth-order valence-electron chi connectivity index (χ4n) is 3.82. The summed E-state index contributed by atoms with van der Waals surface area (Å²) < 4.78 is 0. The Morgan fingerprint density at radius 1 is 0.639 bits per heavy atom. The molecule has 2 aliphatic rings. The zero-order valence-electron chi connectivity index (χ0n) is 19.3. The summed E-state index contributed by atoms with van der Waals surface area (Å²) in [6, 6.07) is 21.7. The van der Waals surface area contributed by atoms with E-state index in [2.05, 4.69) is 31.3 Å². The average molecular weight is 525 g/mol. The highest BCUT2D eigenvalue weighted by Crippen LogP contribution is 2.16. The number of anilines is 2. The normalized spacial score (nSPS) is 13.7. The van der Waals surface area contributed by atoms with Crippen molar-refractivity contribution in [2.24, 2.45) is 9.98 Å².